The molecule has 0 radical (unpaired) electrons. The molecule has 2 aliphatic heterocycles. The first-order valence-electron chi connectivity index (χ1n) is 12.0. The molecule has 0 spiro atoms. The van der Waals surface area contributed by atoms with Gasteiger partial charge in [0.05, 0.1) is 19.6 Å². The van der Waals surface area contributed by atoms with Gasteiger partial charge in [0.25, 0.3) is 0 Å². The number of likely N-dealkylation sites (tertiary alicyclic amines) is 1. The van der Waals surface area contributed by atoms with Crippen LogP contribution in [0.25, 0.3) is 0 Å². The number of aryl methyl sites for hydroxylation is 1. The lowest BCUT2D eigenvalue weighted by atomic mass is 9.95. The first kappa shape index (κ1) is 23.3. The highest BCUT2D eigenvalue weighted by molar-refractivity contribution is 5.79. The van der Waals surface area contributed by atoms with Gasteiger partial charge < -0.3 is 19.3 Å². The van der Waals surface area contributed by atoms with E-state index in [1.165, 1.54) is 6.42 Å². The summed E-state index contributed by atoms with van der Waals surface area (Å²) in [6.07, 6.45) is 4.64. The Kier molecular flexibility index (Phi) is 8.00. The number of ether oxygens (including phenoxy) is 2. The Hall–Kier alpha value is -2.86. The molecule has 2 heterocycles. The predicted octanol–water partition coefficient (Wildman–Crippen LogP) is 3.70. The molecule has 2 saturated heterocycles. The van der Waals surface area contributed by atoms with E-state index in [4.69, 9.17) is 9.47 Å². The van der Waals surface area contributed by atoms with Crippen LogP contribution in [0.4, 0.5) is 0 Å². The van der Waals surface area contributed by atoms with E-state index in [2.05, 4.69) is 0 Å². The average Bonchev–Trinajstić information content (AvgIpc) is 2.88. The second kappa shape index (κ2) is 11.3. The van der Waals surface area contributed by atoms with Gasteiger partial charge in [-0.1, -0.05) is 48.5 Å². The van der Waals surface area contributed by atoms with Crippen LogP contribution < -0.4 is 4.74 Å². The molecule has 6 heteroatoms. The molecular formula is C27H34N2O4. The largest absolute Gasteiger partial charge is 0.490 e. The molecule has 1 atom stereocenters. The second-order valence-corrected chi connectivity index (χ2v) is 9.05. The monoisotopic (exact) mass is 450 g/mol. The van der Waals surface area contributed by atoms with E-state index < -0.39 is 5.60 Å². The molecule has 176 valence electrons. The maximum absolute atomic E-state index is 13.2. The summed E-state index contributed by atoms with van der Waals surface area (Å²) in [5.41, 5.74) is 0.309. The third-order valence-electron chi connectivity index (χ3n) is 6.50. The summed E-state index contributed by atoms with van der Waals surface area (Å²) in [7, 11) is 0. The van der Waals surface area contributed by atoms with E-state index in [-0.39, 0.29) is 24.8 Å². The Morgan fingerprint density at radius 3 is 2.27 bits per heavy atom. The van der Waals surface area contributed by atoms with Crippen molar-refractivity contribution in [3.05, 3.63) is 66.2 Å². The van der Waals surface area contributed by atoms with Crippen molar-refractivity contribution in [3.63, 3.8) is 0 Å². The third-order valence-corrected chi connectivity index (χ3v) is 6.50. The van der Waals surface area contributed by atoms with Crippen LogP contribution in [0.1, 0.15) is 37.7 Å². The smallest absolute Gasteiger partial charge is 0.225 e. The van der Waals surface area contributed by atoms with Crippen molar-refractivity contribution in [1.82, 2.24) is 9.80 Å². The molecule has 6 nitrogen and oxygen atoms in total. The minimum absolute atomic E-state index is 0.0879. The molecular weight excluding hydrogens is 416 g/mol. The predicted molar refractivity (Wildman–Crippen MR) is 127 cm³/mol. The Morgan fingerprint density at radius 1 is 0.848 bits per heavy atom. The van der Waals surface area contributed by atoms with E-state index in [0.717, 1.165) is 37.2 Å². The number of carbonyl (C=O) groups excluding carboxylic acids is 2. The molecule has 0 aliphatic carbocycles. The zero-order valence-electron chi connectivity index (χ0n) is 19.3. The highest BCUT2D eigenvalue weighted by Crippen LogP contribution is 2.27. The highest BCUT2D eigenvalue weighted by Gasteiger charge is 2.42. The normalized spacial score (nSPS) is 21.0. The van der Waals surface area contributed by atoms with E-state index in [1.807, 2.05) is 70.5 Å². The molecule has 2 amide bonds. The molecule has 2 aromatic carbocycles. The first-order chi connectivity index (χ1) is 16.1. The van der Waals surface area contributed by atoms with Gasteiger partial charge in [0.2, 0.25) is 11.8 Å². The minimum Gasteiger partial charge on any atom is -0.490 e. The fraction of sp³-hybridized carbons (Fsp3) is 0.481. The van der Waals surface area contributed by atoms with Crippen molar-refractivity contribution in [3.8, 4) is 5.75 Å². The highest BCUT2D eigenvalue weighted by atomic mass is 16.5. The van der Waals surface area contributed by atoms with Crippen LogP contribution in [0.2, 0.25) is 0 Å². The van der Waals surface area contributed by atoms with Crippen LogP contribution in [0.5, 0.6) is 5.75 Å². The Bertz CT molecular complexity index is 899. The lowest BCUT2D eigenvalue weighted by molar-refractivity contribution is -0.166. The van der Waals surface area contributed by atoms with Crippen molar-refractivity contribution in [2.75, 3.05) is 39.4 Å². The molecule has 33 heavy (non-hydrogen) atoms. The number of nitrogens with zero attached hydrogens (tertiary/aromatic N) is 2. The van der Waals surface area contributed by atoms with Gasteiger partial charge in [-0.3, -0.25) is 9.59 Å². The van der Waals surface area contributed by atoms with Gasteiger partial charge in [0, 0.05) is 26.1 Å². The summed E-state index contributed by atoms with van der Waals surface area (Å²) in [6, 6.07) is 19.6. The fourth-order valence-corrected chi connectivity index (χ4v) is 4.62. The number of amides is 2. The molecule has 2 aliphatic rings. The topological polar surface area (TPSA) is 59.1 Å². The first-order valence-corrected chi connectivity index (χ1v) is 12.0. The van der Waals surface area contributed by atoms with Crippen LogP contribution in [-0.4, -0.2) is 66.6 Å². The number of carbonyl (C=O) groups is 2. The van der Waals surface area contributed by atoms with Gasteiger partial charge in [0.15, 0.2) is 0 Å². The number of rotatable bonds is 8. The summed E-state index contributed by atoms with van der Waals surface area (Å²) < 4.78 is 12.3. The summed E-state index contributed by atoms with van der Waals surface area (Å²) in [6.45, 7) is 3.15. The lowest BCUT2D eigenvalue weighted by Gasteiger charge is -2.43. The van der Waals surface area contributed by atoms with E-state index >= 15 is 0 Å². The van der Waals surface area contributed by atoms with Crippen LogP contribution in [-0.2, 0) is 20.7 Å². The van der Waals surface area contributed by atoms with Crippen molar-refractivity contribution in [2.45, 2.75) is 44.1 Å². The molecule has 0 saturated carbocycles. The van der Waals surface area contributed by atoms with Crippen molar-refractivity contribution < 1.29 is 19.1 Å². The zero-order valence-corrected chi connectivity index (χ0v) is 19.3. The number of para-hydroxylation sites is 1. The number of hydrogen-bond donors (Lipinski definition) is 0. The number of morpholine rings is 1. The number of benzene rings is 2. The standard InChI is InChI=1S/C27H34N2O4/c30-25(15-14-23-10-4-1-5-11-23)29-18-19-33-27(21-29,22-32-24-12-6-2-7-13-24)20-26(31)28-16-8-3-9-17-28/h1-2,4-7,10-13H,3,8-9,14-22H2. The van der Waals surface area contributed by atoms with Crippen molar-refractivity contribution in [1.29, 1.82) is 0 Å². The Morgan fingerprint density at radius 2 is 1.55 bits per heavy atom. The molecule has 0 N–H and O–H groups in total. The quantitative estimate of drug-likeness (QED) is 0.615. The van der Waals surface area contributed by atoms with Gasteiger partial charge in [-0.2, -0.15) is 0 Å². The Labute approximate surface area is 196 Å². The van der Waals surface area contributed by atoms with E-state index in [1.54, 1.807) is 0 Å². The maximum atomic E-state index is 13.2. The average molecular weight is 451 g/mol. The zero-order chi connectivity index (χ0) is 22.9. The second-order valence-electron chi connectivity index (χ2n) is 9.05. The van der Waals surface area contributed by atoms with Gasteiger partial charge >= 0.3 is 0 Å². The molecule has 2 fully saturated rings. The molecule has 0 aromatic heterocycles. The molecule has 0 bridgehead atoms. The Balaban J connectivity index is 1.43. The van der Waals surface area contributed by atoms with Crippen LogP contribution in [0, 0.1) is 0 Å². The summed E-state index contributed by atoms with van der Waals surface area (Å²) >= 11 is 0. The maximum Gasteiger partial charge on any atom is 0.225 e. The summed E-state index contributed by atoms with van der Waals surface area (Å²) in [5.74, 6) is 0.917. The van der Waals surface area contributed by atoms with Crippen LogP contribution in [0.15, 0.2) is 60.7 Å². The van der Waals surface area contributed by atoms with Gasteiger partial charge in [-0.25, -0.2) is 0 Å². The van der Waals surface area contributed by atoms with Gasteiger partial charge in [-0.05, 0) is 43.4 Å². The number of piperidine rings is 1. The number of hydrogen-bond acceptors (Lipinski definition) is 4. The fourth-order valence-electron chi connectivity index (χ4n) is 4.62. The third kappa shape index (κ3) is 6.57. The molecule has 1 unspecified atom stereocenters. The SMILES string of the molecule is O=C(CC1(COc2ccccc2)CN(C(=O)CCc2ccccc2)CCO1)N1CCCCC1. The van der Waals surface area contributed by atoms with E-state index in [0.29, 0.717) is 32.5 Å². The van der Waals surface area contributed by atoms with Crippen LogP contribution >= 0.6 is 0 Å². The molecule has 2 aromatic rings. The van der Waals surface area contributed by atoms with Crippen LogP contribution in [0.3, 0.4) is 0 Å². The summed E-state index contributed by atoms with van der Waals surface area (Å²) in [4.78, 5) is 30.0. The van der Waals surface area contributed by atoms with Crippen molar-refractivity contribution in [2.24, 2.45) is 0 Å². The minimum atomic E-state index is -0.842. The molecule has 4 rings (SSSR count). The van der Waals surface area contributed by atoms with Gasteiger partial charge in [-0.15, -0.1) is 0 Å². The van der Waals surface area contributed by atoms with Gasteiger partial charge in [0.1, 0.15) is 18.0 Å². The lowest BCUT2D eigenvalue weighted by Crippen LogP contribution is -2.58. The summed E-state index contributed by atoms with van der Waals surface area (Å²) in [5, 5.41) is 0. The van der Waals surface area contributed by atoms with E-state index in [9.17, 15) is 9.59 Å². The van der Waals surface area contributed by atoms with Crippen molar-refractivity contribution >= 4 is 11.8 Å².